The van der Waals surface area contributed by atoms with E-state index in [9.17, 15) is 0 Å². The molecule has 3 heteroatoms. The predicted molar refractivity (Wildman–Crippen MR) is 78.8 cm³/mol. The molecule has 0 saturated carbocycles. The summed E-state index contributed by atoms with van der Waals surface area (Å²) in [6.45, 7) is 1.61. The van der Waals surface area contributed by atoms with Crippen molar-refractivity contribution >= 4 is 0 Å². The number of rotatable bonds is 6. The van der Waals surface area contributed by atoms with E-state index in [0.717, 1.165) is 13.0 Å². The van der Waals surface area contributed by atoms with E-state index >= 15 is 0 Å². The van der Waals surface area contributed by atoms with Gasteiger partial charge in [0.25, 0.3) is 0 Å². The Hall–Kier alpha value is -1.71. The van der Waals surface area contributed by atoms with Crippen LogP contribution >= 0.6 is 0 Å². The lowest BCUT2D eigenvalue weighted by Crippen LogP contribution is -2.32. The van der Waals surface area contributed by atoms with E-state index in [-0.39, 0.29) is 6.04 Å². The van der Waals surface area contributed by atoms with E-state index < -0.39 is 0 Å². The van der Waals surface area contributed by atoms with Crippen molar-refractivity contribution in [2.24, 2.45) is 5.73 Å². The highest BCUT2D eigenvalue weighted by atomic mass is 15.1. The van der Waals surface area contributed by atoms with Gasteiger partial charge in [0.15, 0.2) is 0 Å². The fraction of sp³-hybridized carbons (Fsp3) is 0.312. The van der Waals surface area contributed by atoms with Crippen LogP contribution in [-0.4, -0.2) is 30.0 Å². The standard InChI is InChI=1S/C16H21N3/c1-19(12-9-14-5-3-2-4-6-14)16(13-17)15-7-10-18-11-8-15/h2-8,10-11,16H,9,12-13,17H2,1H3. The summed E-state index contributed by atoms with van der Waals surface area (Å²) in [5.41, 5.74) is 8.50. The van der Waals surface area contributed by atoms with Gasteiger partial charge in [-0.3, -0.25) is 9.88 Å². The summed E-state index contributed by atoms with van der Waals surface area (Å²) in [5.74, 6) is 0. The quantitative estimate of drug-likeness (QED) is 0.861. The van der Waals surface area contributed by atoms with Gasteiger partial charge in [-0.1, -0.05) is 30.3 Å². The molecular weight excluding hydrogens is 234 g/mol. The first kappa shape index (κ1) is 13.7. The number of aromatic nitrogens is 1. The topological polar surface area (TPSA) is 42.1 Å². The lowest BCUT2D eigenvalue weighted by Gasteiger charge is -2.27. The molecule has 2 N–H and O–H groups in total. The second kappa shape index (κ2) is 7.02. The first-order valence-electron chi connectivity index (χ1n) is 6.65. The Balaban J connectivity index is 1.96. The van der Waals surface area contributed by atoms with Crippen LogP contribution in [0, 0.1) is 0 Å². The van der Waals surface area contributed by atoms with Crippen LogP contribution in [0.5, 0.6) is 0 Å². The molecular formula is C16H21N3. The van der Waals surface area contributed by atoms with Crippen LogP contribution in [0.25, 0.3) is 0 Å². The molecule has 1 unspecified atom stereocenters. The van der Waals surface area contributed by atoms with Gasteiger partial charge in [0, 0.05) is 31.5 Å². The second-order valence-corrected chi connectivity index (χ2v) is 4.75. The summed E-state index contributed by atoms with van der Waals surface area (Å²) in [6, 6.07) is 14.9. The van der Waals surface area contributed by atoms with Gasteiger partial charge >= 0.3 is 0 Å². The Morgan fingerprint density at radius 1 is 1.11 bits per heavy atom. The van der Waals surface area contributed by atoms with E-state index in [4.69, 9.17) is 5.73 Å². The molecule has 2 rings (SSSR count). The van der Waals surface area contributed by atoms with Crippen molar-refractivity contribution in [2.75, 3.05) is 20.1 Å². The summed E-state index contributed by atoms with van der Waals surface area (Å²) in [5, 5.41) is 0. The molecule has 3 nitrogen and oxygen atoms in total. The minimum absolute atomic E-state index is 0.256. The van der Waals surface area contributed by atoms with Gasteiger partial charge < -0.3 is 5.73 Å². The normalized spacial score (nSPS) is 12.6. The third-order valence-electron chi connectivity index (χ3n) is 3.44. The zero-order valence-corrected chi connectivity index (χ0v) is 11.4. The number of nitrogens with zero attached hydrogens (tertiary/aromatic N) is 2. The highest BCUT2D eigenvalue weighted by Gasteiger charge is 2.14. The van der Waals surface area contributed by atoms with Crippen LogP contribution in [0.4, 0.5) is 0 Å². The van der Waals surface area contributed by atoms with Crippen molar-refractivity contribution in [1.29, 1.82) is 0 Å². The molecule has 0 amide bonds. The number of pyridine rings is 1. The molecule has 1 aromatic carbocycles. The Morgan fingerprint density at radius 3 is 2.42 bits per heavy atom. The Bertz CT molecular complexity index is 470. The van der Waals surface area contributed by atoms with Crippen molar-refractivity contribution in [3.05, 3.63) is 66.0 Å². The molecule has 0 bridgehead atoms. The SMILES string of the molecule is CN(CCc1ccccc1)C(CN)c1ccncc1. The fourth-order valence-electron chi connectivity index (χ4n) is 2.26. The lowest BCUT2D eigenvalue weighted by atomic mass is 10.1. The lowest BCUT2D eigenvalue weighted by molar-refractivity contribution is 0.253. The van der Waals surface area contributed by atoms with E-state index in [0.29, 0.717) is 6.54 Å². The maximum absolute atomic E-state index is 5.91. The van der Waals surface area contributed by atoms with Crippen LogP contribution in [0.15, 0.2) is 54.9 Å². The zero-order chi connectivity index (χ0) is 13.5. The molecule has 0 aliphatic carbocycles. The van der Waals surface area contributed by atoms with Gasteiger partial charge in [-0.2, -0.15) is 0 Å². The van der Waals surface area contributed by atoms with Gasteiger partial charge in [-0.05, 0) is 36.7 Å². The van der Waals surface area contributed by atoms with Crippen molar-refractivity contribution in [2.45, 2.75) is 12.5 Å². The number of nitrogens with two attached hydrogens (primary N) is 1. The fourth-order valence-corrected chi connectivity index (χ4v) is 2.26. The Kier molecular flexibility index (Phi) is 5.07. The highest BCUT2D eigenvalue weighted by molar-refractivity contribution is 5.17. The molecule has 0 radical (unpaired) electrons. The molecule has 1 aromatic heterocycles. The third kappa shape index (κ3) is 3.88. The maximum Gasteiger partial charge on any atom is 0.0468 e. The van der Waals surface area contributed by atoms with E-state index in [1.807, 2.05) is 30.6 Å². The first-order chi connectivity index (χ1) is 9.31. The molecule has 19 heavy (non-hydrogen) atoms. The summed E-state index contributed by atoms with van der Waals surface area (Å²) < 4.78 is 0. The Labute approximate surface area is 115 Å². The molecule has 0 aliphatic rings. The van der Waals surface area contributed by atoms with E-state index in [2.05, 4.69) is 41.2 Å². The predicted octanol–water partition coefficient (Wildman–Crippen LogP) is 2.26. The maximum atomic E-state index is 5.91. The van der Waals surface area contributed by atoms with Gasteiger partial charge in [-0.15, -0.1) is 0 Å². The van der Waals surface area contributed by atoms with Crippen molar-refractivity contribution in [3.8, 4) is 0 Å². The van der Waals surface area contributed by atoms with Gasteiger partial charge in [-0.25, -0.2) is 0 Å². The molecule has 1 heterocycles. The summed E-state index contributed by atoms with van der Waals surface area (Å²) in [4.78, 5) is 6.36. The average molecular weight is 255 g/mol. The zero-order valence-electron chi connectivity index (χ0n) is 11.4. The average Bonchev–Trinajstić information content (AvgIpc) is 2.48. The number of likely N-dealkylation sites (N-methyl/N-ethyl adjacent to an activating group) is 1. The summed E-state index contributed by atoms with van der Waals surface area (Å²) >= 11 is 0. The molecule has 0 saturated heterocycles. The largest absolute Gasteiger partial charge is 0.329 e. The van der Waals surface area contributed by atoms with Gasteiger partial charge in [0.05, 0.1) is 0 Å². The molecule has 0 fully saturated rings. The second-order valence-electron chi connectivity index (χ2n) is 4.75. The number of benzene rings is 1. The molecule has 100 valence electrons. The molecule has 0 spiro atoms. The minimum Gasteiger partial charge on any atom is -0.329 e. The summed E-state index contributed by atoms with van der Waals surface area (Å²) in [6.07, 6.45) is 4.69. The monoisotopic (exact) mass is 255 g/mol. The highest BCUT2D eigenvalue weighted by Crippen LogP contribution is 2.17. The van der Waals surface area contributed by atoms with Crippen molar-refractivity contribution in [1.82, 2.24) is 9.88 Å². The van der Waals surface area contributed by atoms with E-state index in [1.165, 1.54) is 11.1 Å². The van der Waals surface area contributed by atoms with Gasteiger partial charge in [0.1, 0.15) is 0 Å². The first-order valence-corrected chi connectivity index (χ1v) is 6.65. The van der Waals surface area contributed by atoms with Crippen LogP contribution in [0.3, 0.4) is 0 Å². The van der Waals surface area contributed by atoms with Gasteiger partial charge in [0.2, 0.25) is 0 Å². The van der Waals surface area contributed by atoms with Crippen molar-refractivity contribution < 1.29 is 0 Å². The third-order valence-corrected chi connectivity index (χ3v) is 3.44. The summed E-state index contributed by atoms with van der Waals surface area (Å²) in [7, 11) is 2.13. The van der Waals surface area contributed by atoms with E-state index in [1.54, 1.807) is 0 Å². The minimum atomic E-state index is 0.256. The molecule has 0 aliphatic heterocycles. The van der Waals surface area contributed by atoms with Crippen LogP contribution < -0.4 is 5.73 Å². The van der Waals surface area contributed by atoms with Crippen LogP contribution in [0.2, 0.25) is 0 Å². The Morgan fingerprint density at radius 2 is 1.79 bits per heavy atom. The molecule has 1 atom stereocenters. The number of hydrogen-bond donors (Lipinski definition) is 1. The molecule has 2 aromatic rings. The number of hydrogen-bond acceptors (Lipinski definition) is 3. The van der Waals surface area contributed by atoms with Crippen LogP contribution in [-0.2, 0) is 6.42 Å². The van der Waals surface area contributed by atoms with Crippen molar-refractivity contribution in [3.63, 3.8) is 0 Å². The van der Waals surface area contributed by atoms with Crippen LogP contribution in [0.1, 0.15) is 17.2 Å². The smallest absolute Gasteiger partial charge is 0.0468 e.